The van der Waals surface area contributed by atoms with E-state index in [0.717, 1.165) is 51.2 Å². The Morgan fingerprint density at radius 3 is 3.00 bits per heavy atom. The molecule has 2 aliphatic heterocycles. The normalized spacial score (nSPS) is 22.5. The molecule has 1 fully saturated rings. The van der Waals surface area contributed by atoms with Crippen LogP contribution in [-0.2, 0) is 30.7 Å². The predicted molar refractivity (Wildman–Crippen MR) is 73.9 cm³/mol. The summed E-state index contributed by atoms with van der Waals surface area (Å²) in [6, 6.07) is 0. The lowest BCUT2D eigenvalue weighted by atomic mass is 10.0. The van der Waals surface area contributed by atoms with Crippen LogP contribution in [0.5, 0.6) is 0 Å². The molecular formula is C15H23N3O. The maximum absolute atomic E-state index is 5.81. The van der Waals surface area contributed by atoms with Crippen LogP contribution in [0.3, 0.4) is 0 Å². The number of hydrogen-bond donors (Lipinski definition) is 1. The van der Waals surface area contributed by atoms with Crippen molar-refractivity contribution in [2.24, 2.45) is 0 Å². The van der Waals surface area contributed by atoms with Gasteiger partial charge in [-0.2, -0.15) is 0 Å². The highest BCUT2D eigenvalue weighted by atomic mass is 16.5. The fourth-order valence-corrected chi connectivity index (χ4v) is 3.00. The van der Waals surface area contributed by atoms with Gasteiger partial charge in [0.15, 0.2) is 0 Å². The van der Waals surface area contributed by atoms with Crippen LogP contribution >= 0.6 is 0 Å². The Labute approximate surface area is 115 Å². The quantitative estimate of drug-likeness (QED) is 0.902. The molecule has 0 spiro atoms. The maximum atomic E-state index is 5.81. The van der Waals surface area contributed by atoms with E-state index >= 15 is 0 Å². The van der Waals surface area contributed by atoms with E-state index in [1.807, 2.05) is 0 Å². The van der Waals surface area contributed by atoms with Gasteiger partial charge in [0.25, 0.3) is 0 Å². The van der Waals surface area contributed by atoms with Crippen molar-refractivity contribution < 1.29 is 4.74 Å². The summed E-state index contributed by atoms with van der Waals surface area (Å²) in [4.78, 5) is 9.53. The number of aryl methyl sites for hydroxylation is 1. The Bertz CT molecular complexity index is 441. The van der Waals surface area contributed by atoms with Gasteiger partial charge >= 0.3 is 0 Å². The molecule has 0 aliphatic carbocycles. The van der Waals surface area contributed by atoms with Gasteiger partial charge in [0.1, 0.15) is 5.82 Å². The van der Waals surface area contributed by atoms with Crippen molar-refractivity contribution in [3.8, 4) is 0 Å². The lowest BCUT2D eigenvalue weighted by Crippen LogP contribution is -2.23. The van der Waals surface area contributed by atoms with Crippen molar-refractivity contribution in [3.05, 3.63) is 22.8 Å². The standard InChI is InChI=1S/C15H23N3O/c1-2-5-13-12-9-16-10-14(12)18-15(17-13)8-11-6-3-4-7-19-11/h11,16H,2-10H2,1H3. The summed E-state index contributed by atoms with van der Waals surface area (Å²) in [7, 11) is 0. The van der Waals surface area contributed by atoms with Gasteiger partial charge in [-0.15, -0.1) is 0 Å². The second-order valence-electron chi connectivity index (χ2n) is 5.56. The monoisotopic (exact) mass is 261 g/mol. The first-order valence-electron chi connectivity index (χ1n) is 7.56. The third-order valence-electron chi connectivity index (χ3n) is 3.99. The molecule has 19 heavy (non-hydrogen) atoms. The van der Waals surface area contributed by atoms with Crippen LogP contribution in [0.4, 0.5) is 0 Å². The van der Waals surface area contributed by atoms with Crippen molar-refractivity contribution in [1.82, 2.24) is 15.3 Å². The van der Waals surface area contributed by atoms with E-state index in [9.17, 15) is 0 Å². The summed E-state index contributed by atoms with van der Waals surface area (Å²) in [5, 5.41) is 3.38. The lowest BCUT2D eigenvalue weighted by molar-refractivity contribution is 0.0156. The molecule has 2 aliphatic rings. The molecule has 0 amide bonds. The minimum absolute atomic E-state index is 0.329. The molecule has 0 radical (unpaired) electrons. The molecule has 3 rings (SSSR count). The third-order valence-corrected chi connectivity index (χ3v) is 3.99. The van der Waals surface area contributed by atoms with Gasteiger partial charge in [-0.3, -0.25) is 0 Å². The van der Waals surface area contributed by atoms with E-state index in [0.29, 0.717) is 6.10 Å². The number of rotatable bonds is 4. The van der Waals surface area contributed by atoms with Crippen molar-refractivity contribution >= 4 is 0 Å². The zero-order valence-corrected chi connectivity index (χ0v) is 11.7. The van der Waals surface area contributed by atoms with Crippen molar-refractivity contribution in [1.29, 1.82) is 0 Å². The van der Waals surface area contributed by atoms with Gasteiger partial charge in [0.05, 0.1) is 11.8 Å². The van der Waals surface area contributed by atoms with E-state index < -0.39 is 0 Å². The summed E-state index contributed by atoms with van der Waals surface area (Å²) in [5.74, 6) is 0.984. The van der Waals surface area contributed by atoms with Crippen molar-refractivity contribution in [2.45, 2.75) is 64.6 Å². The Kier molecular flexibility index (Phi) is 4.09. The average Bonchev–Trinajstić information content (AvgIpc) is 2.89. The van der Waals surface area contributed by atoms with E-state index in [2.05, 4.69) is 12.2 Å². The average molecular weight is 261 g/mol. The fraction of sp³-hybridized carbons (Fsp3) is 0.733. The first kappa shape index (κ1) is 13.0. The van der Waals surface area contributed by atoms with E-state index in [1.54, 1.807) is 0 Å². The van der Waals surface area contributed by atoms with Crippen LogP contribution in [0.1, 0.15) is 55.4 Å². The number of hydrogen-bond acceptors (Lipinski definition) is 4. The van der Waals surface area contributed by atoms with E-state index in [-0.39, 0.29) is 0 Å². The topological polar surface area (TPSA) is 47.0 Å². The highest BCUT2D eigenvalue weighted by molar-refractivity contribution is 5.29. The number of ether oxygens (including phenoxy) is 1. The Hall–Kier alpha value is -1.00. The molecule has 1 N–H and O–H groups in total. The molecular weight excluding hydrogens is 238 g/mol. The minimum Gasteiger partial charge on any atom is -0.378 e. The molecule has 104 valence electrons. The summed E-state index contributed by atoms with van der Waals surface area (Å²) >= 11 is 0. The van der Waals surface area contributed by atoms with Crippen LogP contribution in [-0.4, -0.2) is 22.7 Å². The summed E-state index contributed by atoms with van der Waals surface area (Å²) in [6.07, 6.45) is 7.04. The van der Waals surface area contributed by atoms with Gasteiger partial charge < -0.3 is 10.1 Å². The molecule has 4 heteroatoms. The molecule has 4 nitrogen and oxygen atoms in total. The second-order valence-corrected chi connectivity index (χ2v) is 5.56. The maximum Gasteiger partial charge on any atom is 0.131 e. The van der Waals surface area contributed by atoms with E-state index in [1.165, 1.54) is 29.8 Å². The van der Waals surface area contributed by atoms with Gasteiger partial charge in [-0.05, 0) is 25.7 Å². The lowest BCUT2D eigenvalue weighted by Gasteiger charge is -2.22. The van der Waals surface area contributed by atoms with Gasteiger partial charge in [-0.25, -0.2) is 9.97 Å². The van der Waals surface area contributed by atoms with Crippen molar-refractivity contribution in [3.63, 3.8) is 0 Å². The molecule has 1 aromatic rings. The molecule has 1 atom stereocenters. The number of nitrogens with zero attached hydrogens (tertiary/aromatic N) is 2. The van der Waals surface area contributed by atoms with Crippen LogP contribution in [0.15, 0.2) is 0 Å². The number of nitrogens with one attached hydrogen (secondary N) is 1. The fourth-order valence-electron chi connectivity index (χ4n) is 3.00. The van der Waals surface area contributed by atoms with Gasteiger partial charge in [0.2, 0.25) is 0 Å². The smallest absolute Gasteiger partial charge is 0.131 e. The number of fused-ring (bicyclic) bond motifs is 1. The molecule has 1 unspecified atom stereocenters. The summed E-state index contributed by atoms with van der Waals surface area (Å²) in [6.45, 7) is 4.94. The minimum atomic E-state index is 0.329. The SMILES string of the molecule is CCCc1nc(CC2CCCCO2)nc2c1CNC2. The second kappa shape index (κ2) is 5.97. The Morgan fingerprint density at radius 2 is 2.21 bits per heavy atom. The Morgan fingerprint density at radius 1 is 1.26 bits per heavy atom. The molecule has 1 aromatic heterocycles. The zero-order chi connectivity index (χ0) is 13.1. The van der Waals surface area contributed by atoms with Gasteiger partial charge in [-0.1, -0.05) is 13.3 Å². The molecule has 0 aromatic carbocycles. The zero-order valence-electron chi connectivity index (χ0n) is 11.7. The summed E-state index contributed by atoms with van der Waals surface area (Å²) in [5.41, 5.74) is 3.81. The van der Waals surface area contributed by atoms with Gasteiger partial charge in [0, 0.05) is 37.4 Å². The number of aromatic nitrogens is 2. The Balaban J connectivity index is 1.79. The van der Waals surface area contributed by atoms with Crippen molar-refractivity contribution in [2.75, 3.05) is 6.61 Å². The molecule has 0 saturated carbocycles. The van der Waals surface area contributed by atoms with E-state index in [4.69, 9.17) is 14.7 Å². The largest absolute Gasteiger partial charge is 0.378 e. The van der Waals surface area contributed by atoms with Crippen LogP contribution < -0.4 is 5.32 Å². The highest BCUT2D eigenvalue weighted by Crippen LogP contribution is 2.21. The highest BCUT2D eigenvalue weighted by Gasteiger charge is 2.21. The molecule has 3 heterocycles. The predicted octanol–water partition coefficient (Wildman–Crippen LogP) is 2.14. The third kappa shape index (κ3) is 2.95. The van der Waals surface area contributed by atoms with Crippen LogP contribution in [0.2, 0.25) is 0 Å². The van der Waals surface area contributed by atoms with Crippen LogP contribution in [0, 0.1) is 0 Å². The summed E-state index contributed by atoms with van der Waals surface area (Å²) < 4.78 is 5.81. The first-order valence-corrected chi connectivity index (χ1v) is 7.56. The first-order chi connectivity index (χ1) is 9.36. The molecule has 0 bridgehead atoms. The molecule has 1 saturated heterocycles. The van der Waals surface area contributed by atoms with Crippen LogP contribution in [0.25, 0.3) is 0 Å².